The number of pyridine rings is 1. The summed E-state index contributed by atoms with van der Waals surface area (Å²) < 4.78 is 21.7. The van der Waals surface area contributed by atoms with Gasteiger partial charge in [0, 0.05) is 51.0 Å². The molecule has 5 rings (SSSR count). The molecule has 234 valence electrons. The number of nitrogens with zero attached hydrogens (tertiary/aromatic N) is 4. The number of hydrogen-bond donors (Lipinski definition) is 1. The molecule has 0 spiro atoms. The molecule has 5 aromatic rings. The van der Waals surface area contributed by atoms with Crippen LogP contribution in [0.2, 0.25) is 0 Å². The number of carboxylic acids is 1. The highest BCUT2D eigenvalue weighted by Gasteiger charge is 2.38. The fraction of sp³-hybridized carbons (Fsp3) is 0.333. The van der Waals surface area contributed by atoms with E-state index >= 15 is 0 Å². The van der Waals surface area contributed by atoms with Crippen molar-refractivity contribution >= 4 is 28.6 Å². The van der Waals surface area contributed by atoms with E-state index in [1.165, 1.54) is 0 Å². The molecule has 2 aromatic carbocycles. The summed E-state index contributed by atoms with van der Waals surface area (Å²) in [5.74, 6) is -0.0757. The molecule has 45 heavy (non-hydrogen) atoms. The zero-order valence-corrected chi connectivity index (χ0v) is 27.2. The average Bonchev–Trinajstić information content (AvgIpc) is 3.29. The summed E-state index contributed by atoms with van der Waals surface area (Å²) in [6.45, 7) is 11.3. The smallest absolute Gasteiger partial charge is 0.310 e. The Hall–Kier alpha value is -4.24. The van der Waals surface area contributed by atoms with Gasteiger partial charge in [-0.15, -0.1) is 11.8 Å². The maximum Gasteiger partial charge on any atom is 0.310 e. The fourth-order valence-electron chi connectivity index (χ4n) is 5.46. The highest BCUT2D eigenvalue weighted by atomic mass is 32.2. The minimum absolute atomic E-state index is 0.125. The number of halogens is 1. The third kappa shape index (κ3) is 7.36. The van der Waals surface area contributed by atoms with Crippen molar-refractivity contribution in [2.45, 2.75) is 76.7 Å². The summed E-state index contributed by atoms with van der Waals surface area (Å²) in [4.78, 5) is 26.4. The maximum atomic E-state index is 13.4. The average molecular weight is 627 g/mol. The van der Waals surface area contributed by atoms with E-state index in [1.807, 2.05) is 62.4 Å². The Balaban J connectivity index is 1.62. The SMILES string of the molecule is CCC(CC)(Cc1c(SC(C)(C)C)c2cc(OCc3ccccn3)ccc2n1Cc1ccc(-c2ncc(F)cn2)cc1)C(=O)O. The van der Waals surface area contributed by atoms with Gasteiger partial charge in [0.25, 0.3) is 0 Å². The van der Waals surface area contributed by atoms with Gasteiger partial charge >= 0.3 is 5.97 Å². The lowest BCUT2D eigenvalue weighted by Gasteiger charge is -2.29. The lowest BCUT2D eigenvalue weighted by Crippen LogP contribution is -2.33. The van der Waals surface area contributed by atoms with Crippen molar-refractivity contribution in [1.82, 2.24) is 19.5 Å². The molecule has 0 saturated heterocycles. The molecule has 0 amide bonds. The second-order valence-corrected chi connectivity index (χ2v) is 14.1. The van der Waals surface area contributed by atoms with Gasteiger partial charge < -0.3 is 14.4 Å². The maximum absolute atomic E-state index is 13.4. The van der Waals surface area contributed by atoms with Crippen LogP contribution in [0.15, 0.2) is 84.1 Å². The Morgan fingerprint density at radius 1 is 0.978 bits per heavy atom. The Labute approximate surface area is 267 Å². The van der Waals surface area contributed by atoms with E-state index in [0.717, 1.165) is 56.5 Å². The minimum Gasteiger partial charge on any atom is -0.487 e. The summed E-state index contributed by atoms with van der Waals surface area (Å²) in [5.41, 5.74) is 3.78. The summed E-state index contributed by atoms with van der Waals surface area (Å²) >= 11 is 1.76. The van der Waals surface area contributed by atoms with Crippen LogP contribution in [0, 0.1) is 11.2 Å². The third-order valence-electron chi connectivity index (χ3n) is 8.10. The number of aromatic nitrogens is 4. The lowest BCUT2D eigenvalue weighted by molar-refractivity contribution is -0.149. The van der Waals surface area contributed by atoms with E-state index in [-0.39, 0.29) is 4.75 Å². The van der Waals surface area contributed by atoms with Gasteiger partial charge in [-0.05, 0) is 48.7 Å². The highest BCUT2D eigenvalue weighted by Crippen LogP contribution is 2.45. The van der Waals surface area contributed by atoms with Crippen LogP contribution >= 0.6 is 11.8 Å². The quantitative estimate of drug-likeness (QED) is 0.139. The first-order valence-electron chi connectivity index (χ1n) is 15.2. The van der Waals surface area contributed by atoms with Crippen LogP contribution in [0.5, 0.6) is 5.75 Å². The Bertz CT molecular complexity index is 1760. The number of carbonyl (C=O) groups is 1. The second-order valence-electron chi connectivity index (χ2n) is 12.3. The number of ether oxygens (including phenoxy) is 1. The third-order valence-corrected chi connectivity index (χ3v) is 9.37. The largest absolute Gasteiger partial charge is 0.487 e. The normalized spacial score (nSPS) is 12.0. The standard InChI is InChI=1S/C36H39FN4O3S/c1-6-36(7-2,34(42)43)19-31-32(45-35(3,4)5)29-18-28(44-23-27-10-8-9-17-38-27)15-16-30(29)41(31)22-24-11-13-25(14-12-24)33-39-20-26(37)21-40-33/h8-18,20-21H,6-7,19,22-23H2,1-5H3,(H,42,43). The van der Waals surface area contributed by atoms with Crippen LogP contribution in [0.1, 0.15) is 64.4 Å². The zero-order chi connectivity index (χ0) is 32.2. The van der Waals surface area contributed by atoms with Crippen molar-refractivity contribution in [3.05, 3.63) is 102 Å². The molecule has 0 saturated carbocycles. The molecule has 0 unspecified atom stereocenters. The van der Waals surface area contributed by atoms with Crippen LogP contribution < -0.4 is 4.74 Å². The van der Waals surface area contributed by atoms with Crippen molar-refractivity contribution < 1.29 is 19.0 Å². The topological polar surface area (TPSA) is 90.1 Å². The van der Waals surface area contributed by atoms with Crippen molar-refractivity contribution in [3.8, 4) is 17.1 Å². The first-order chi connectivity index (χ1) is 21.5. The van der Waals surface area contributed by atoms with Gasteiger partial charge in [-0.2, -0.15) is 0 Å². The van der Waals surface area contributed by atoms with Crippen molar-refractivity contribution in [1.29, 1.82) is 0 Å². The Kier molecular flexibility index (Phi) is 9.58. The van der Waals surface area contributed by atoms with Crippen LogP contribution in [0.4, 0.5) is 4.39 Å². The molecule has 7 nitrogen and oxygen atoms in total. The fourth-order valence-corrected chi connectivity index (χ4v) is 6.65. The molecule has 9 heteroatoms. The number of hydrogen-bond acceptors (Lipinski definition) is 6. The van der Waals surface area contributed by atoms with Crippen LogP contribution in [0.25, 0.3) is 22.3 Å². The Morgan fingerprint density at radius 2 is 1.69 bits per heavy atom. The van der Waals surface area contributed by atoms with Crippen molar-refractivity contribution in [2.24, 2.45) is 5.41 Å². The Morgan fingerprint density at radius 3 is 2.29 bits per heavy atom. The van der Waals surface area contributed by atoms with E-state index in [4.69, 9.17) is 4.74 Å². The molecular formula is C36H39FN4O3S. The first-order valence-corrected chi connectivity index (χ1v) is 16.0. The lowest BCUT2D eigenvalue weighted by atomic mass is 9.78. The van der Waals surface area contributed by atoms with E-state index < -0.39 is 17.2 Å². The van der Waals surface area contributed by atoms with E-state index in [1.54, 1.807) is 18.0 Å². The molecular weight excluding hydrogens is 587 g/mol. The summed E-state index contributed by atoms with van der Waals surface area (Å²) in [6, 6.07) is 19.8. The molecule has 3 heterocycles. The van der Waals surface area contributed by atoms with E-state index in [0.29, 0.717) is 38.2 Å². The predicted molar refractivity (Wildman–Crippen MR) is 177 cm³/mol. The van der Waals surface area contributed by atoms with Gasteiger partial charge in [0.2, 0.25) is 0 Å². The van der Waals surface area contributed by atoms with Gasteiger partial charge in [-0.25, -0.2) is 14.4 Å². The molecule has 0 bridgehead atoms. The van der Waals surface area contributed by atoms with E-state index in [2.05, 4.69) is 52.4 Å². The number of benzene rings is 2. The zero-order valence-electron chi connectivity index (χ0n) is 26.4. The summed E-state index contributed by atoms with van der Waals surface area (Å²) in [6.07, 6.45) is 5.51. The van der Waals surface area contributed by atoms with Crippen LogP contribution in [-0.2, 0) is 24.4 Å². The van der Waals surface area contributed by atoms with Gasteiger partial charge in [-0.3, -0.25) is 9.78 Å². The number of aliphatic carboxylic acids is 1. The molecule has 3 aromatic heterocycles. The predicted octanol–water partition coefficient (Wildman–Crippen LogP) is 8.58. The van der Waals surface area contributed by atoms with E-state index in [9.17, 15) is 14.3 Å². The number of thioether (sulfide) groups is 1. The van der Waals surface area contributed by atoms with Crippen LogP contribution in [-0.4, -0.2) is 35.3 Å². The van der Waals surface area contributed by atoms with Crippen LogP contribution in [0.3, 0.4) is 0 Å². The molecule has 0 aliphatic heterocycles. The molecule has 0 atom stereocenters. The van der Waals surface area contributed by atoms with Gasteiger partial charge in [0.05, 0.1) is 23.5 Å². The second kappa shape index (κ2) is 13.4. The van der Waals surface area contributed by atoms with Gasteiger partial charge in [0.1, 0.15) is 12.4 Å². The number of rotatable bonds is 12. The molecule has 0 radical (unpaired) electrons. The summed E-state index contributed by atoms with van der Waals surface area (Å²) in [5, 5.41) is 11.5. The first kappa shape index (κ1) is 32.2. The van der Waals surface area contributed by atoms with Gasteiger partial charge in [0.15, 0.2) is 11.6 Å². The molecule has 0 aliphatic carbocycles. The molecule has 0 fully saturated rings. The highest BCUT2D eigenvalue weighted by molar-refractivity contribution is 8.00. The number of carboxylic acid groups (broad SMARTS) is 1. The summed E-state index contributed by atoms with van der Waals surface area (Å²) in [7, 11) is 0. The number of fused-ring (bicyclic) bond motifs is 1. The van der Waals surface area contributed by atoms with Crippen molar-refractivity contribution in [2.75, 3.05) is 0 Å². The minimum atomic E-state index is -0.901. The van der Waals surface area contributed by atoms with Gasteiger partial charge in [-0.1, -0.05) is 65.0 Å². The molecule has 0 aliphatic rings. The monoisotopic (exact) mass is 626 g/mol. The molecule has 1 N–H and O–H groups in total. The van der Waals surface area contributed by atoms with Crippen molar-refractivity contribution in [3.63, 3.8) is 0 Å².